The Morgan fingerprint density at radius 1 is 1.00 bits per heavy atom. The predicted octanol–water partition coefficient (Wildman–Crippen LogP) is -1.35. The van der Waals surface area contributed by atoms with E-state index in [0.29, 0.717) is 16.8 Å². The molecule has 2 saturated heterocycles. The van der Waals surface area contributed by atoms with Crippen molar-refractivity contribution in [3.05, 3.63) is 0 Å². The second-order valence-corrected chi connectivity index (χ2v) is 9.48. The monoisotopic (exact) mass is 396 g/mol. The lowest BCUT2D eigenvalue weighted by Gasteiger charge is -2.34. The Bertz CT molecular complexity index is 519. The van der Waals surface area contributed by atoms with Crippen molar-refractivity contribution < 1.29 is 17.2 Å². The van der Waals surface area contributed by atoms with Crippen LogP contribution in [0.25, 0.3) is 0 Å². The van der Waals surface area contributed by atoms with Gasteiger partial charge in [0.15, 0.2) is 0 Å². The average Bonchev–Trinajstić information content (AvgIpc) is 2.57. The lowest BCUT2D eigenvalue weighted by atomic mass is 10.1. The van der Waals surface area contributed by atoms with Crippen LogP contribution in [-0.2, 0) is 21.5 Å². The zero-order valence-electron chi connectivity index (χ0n) is 14.9. The Morgan fingerprint density at radius 2 is 1.60 bits per heavy atom. The van der Waals surface area contributed by atoms with Gasteiger partial charge in [-0.3, -0.25) is 9.11 Å². The maximum Gasteiger partial charge on any atom is 0.289 e. The van der Waals surface area contributed by atoms with Crippen molar-refractivity contribution in [2.75, 3.05) is 72.5 Å². The predicted molar refractivity (Wildman–Crippen MR) is 96.8 cm³/mol. The van der Waals surface area contributed by atoms with E-state index in [1.165, 1.54) is 6.42 Å². The van der Waals surface area contributed by atoms with Crippen LogP contribution in [0.2, 0.25) is 0 Å². The summed E-state index contributed by atoms with van der Waals surface area (Å²) in [5.74, 6) is 0. The first kappa shape index (κ1) is 21.2. The molecule has 0 bridgehead atoms. The van der Waals surface area contributed by atoms with E-state index in [1.54, 1.807) is 0 Å². The van der Waals surface area contributed by atoms with Crippen molar-refractivity contribution >= 4 is 21.5 Å². The summed E-state index contributed by atoms with van der Waals surface area (Å²) in [4.78, 5) is 6.48. The van der Waals surface area contributed by atoms with Gasteiger partial charge in [0.05, 0.1) is 0 Å². The minimum atomic E-state index is -4.03. The Kier molecular flexibility index (Phi) is 8.69. The first-order chi connectivity index (χ1) is 11.9. The summed E-state index contributed by atoms with van der Waals surface area (Å²) in [6.07, 6.45) is 3.49. The third kappa shape index (κ3) is 7.18. The minimum Gasteiger partial charge on any atom is -0.759 e. The summed E-state index contributed by atoms with van der Waals surface area (Å²) in [5, 5.41) is 0. The average molecular weight is 397 g/mol. The third-order valence-electron chi connectivity index (χ3n) is 4.79. The van der Waals surface area contributed by atoms with E-state index in [1.807, 2.05) is 7.05 Å². The van der Waals surface area contributed by atoms with E-state index in [-0.39, 0.29) is 13.1 Å². The van der Waals surface area contributed by atoms with Crippen molar-refractivity contribution in [2.24, 2.45) is 0 Å². The van der Waals surface area contributed by atoms with Gasteiger partial charge in [-0.2, -0.15) is 8.42 Å². The molecule has 2 rings (SSSR count). The van der Waals surface area contributed by atoms with E-state index in [0.717, 1.165) is 52.1 Å². The summed E-state index contributed by atoms with van der Waals surface area (Å²) in [6, 6.07) is 0. The second kappa shape index (κ2) is 10.3. The van der Waals surface area contributed by atoms with Gasteiger partial charge in [-0.05, 0) is 33.0 Å². The fourth-order valence-electron chi connectivity index (χ4n) is 3.16. The van der Waals surface area contributed by atoms with Crippen LogP contribution >= 0.6 is 0 Å². The van der Waals surface area contributed by atoms with Gasteiger partial charge in [-0.25, -0.2) is 4.72 Å². The molecule has 2 aliphatic heterocycles. The number of likely N-dealkylation sites (N-methyl/N-ethyl adjacent to an activating group) is 1. The highest BCUT2D eigenvalue weighted by molar-refractivity contribution is 7.98. The molecule has 2 heterocycles. The Balaban J connectivity index is 1.78. The lowest BCUT2D eigenvalue weighted by Crippen LogP contribution is -2.50. The molecule has 0 amide bonds. The van der Waals surface area contributed by atoms with Crippen molar-refractivity contribution in [3.8, 4) is 0 Å². The maximum absolute atomic E-state index is 12.3. The van der Waals surface area contributed by atoms with Crippen LogP contribution in [0.5, 0.6) is 0 Å². The van der Waals surface area contributed by atoms with Gasteiger partial charge in [0, 0.05) is 63.6 Å². The largest absolute Gasteiger partial charge is 0.759 e. The molecule has 1 atom stereocenters. The summed E-state index contributed by atoms with van der Waals surface area (Å²) in [5.41, 5.74) is 0. The van der Waals surface area contributed by atoms with Crippen LogP contribution < -0.4 is 4.72 Å². The molecule has 0 spiro atoms. The van der Waals surface area contributed by atoms with Crippen molar-refractivity contribution in [1.82, 2.24) is 23.1 Å². The van der Waals surface area contributed by atoms with Crippen LogP contribution in [0.15, 0.2) is 0 Å². The number of piperazine rings is 1. The van der Waals surface area contributed by atoms with Gasteiger partial charge in [0.2, 0.25) is 0 Å². The normalized spacial score (nSPS) is 23.2. The maximum atomic E-state index is 12.3. The number of nitrogens with zero attached hydrogens (tertiary/aromatic N) is 4. The summed E-state index contributed by atoms with van der Waals surface area (Å²) < 4.78 is 50.4. The highest BCUT2D eigenvalue weighted by atomic mass is 32.3. The van der Waals surface area contributed by atoms with Gasteiger partial charge >= 0.3 is 0 Å². The van der Waals surface area contributed by atoms with Gasteiger partial charge in [0.25, 0.3) is 10.2 Å². The first-order valence-corrected chi connectivity index (χ1v) is 11.4. The van der Waals surface area contributed by atoms with Crippen LogP contribution in [0.4, 0.5) is 0 Å². The van der Waals surface area contributed by atoms with Crippen molar-refractivity contribution in [2.45, 2.75) is 19.3 Å². The fraction of sp³-hybridized carbons (Fsp3) is 1.00. The molecule has 2 aliphatic rings. The zero-order valence-corrected chi connectivity index (χ0v) is 16.6. The number of rotatable bonds is 9. The highest BCUT2D eigenvalue weighted by Crippen LogP contribution is 2.08. The summed E-state index contributed by atoms with van der Waals surface area (Å²) >= 11 is -2.81. The molecule has 0 aromatic heterocycles. The Morgan fingerprint density at radius 3 is 2.20 bits per heavy atom. The molecule has 0 aromatic carbocycles. The second-order valence-electron chi connectivity index (χ2n) is 6.69. The standard InChI is InChI=1S/C14H31N5O4S2/c1-16-9-11-18(12-10-16)13-14-19(24(20)21)25(22,23)15-5-8-17-6-3-2-4-7-17/h15H,2-14H2,1H3,(H,20,21)/p-1. The molecule has 0 radical (unpaired) electrons. The summed E-state index contributed by atoms with van der Waals surface area (Å²) in [6.45, 7) is 6.58. The molecule has 0 aliphatic carbocycles. The molecule has 148 valence electrons. The quantitative estimate of drug-likeness (QED) is 0.481. The SMILES string of the molecule is CN1CCN(CCN(S(=O)[O-])S(=O)(=O)NCCN2CCCCC2)CC1. The molecular weight excluding hydrogens is 366 g/mol. The van der Waals surface area contributed by atoms with Gasteiger partial charge in [-0.15, -0.1) is 3.71 Å². The van der Waals surface area contributed by atoms with E-state index in [4.69, 9.17) is 0 Å². The van der Waals surface area contributed by atoms with E-state index in [9.17, 15) is 17.2 Å². The number of hydrogen-bond donors (Lipinski definition) is 1. The Labute approximate surface area is 153 Å². The number of piperidine rings is 1. The summed E-state index contributed by atoms with van der Waals surface area (Å²) in [7, 11) is -1.99. The lowest BCUT2D eigenvalue weighted by molar-refractivity contribution is 0.152. The van der Waals surface area contributed by atoms with E-state index in [2.05, 4.69) is 19.4 Å². The smallest absolute Gasteiger partial charge is 0.289 e. The third-order valence-corrected chi connectivity index (χ3v) is 7.55. The van der Waals surface area contributed by atoms with Crippen molar-refractivity contribution in [1.29, 1.82) is 0 Å². The zero-order chi connectivity index (χ0) is 18.3. The topological polar surface area (TPSA) is 99.3 Å². The van der Waals surface area contributed by atoms with Crippen molar-refractivity contribution in [3.63, 3.8) is 0 Å². The molecule has 1 N–H and O–H groups in total. The van der Waals surface area contributed by atoms with Crippen LogP contribution in [0.3, 0.4) is 0 Å². The van der Waals surface area contributed by atoms with Gasteiger partial charge in [-0.1, -0.05) is 6.42 Å². The van der Waals surface area contributed by atoms with E-state index < -0.39 is 21.5 Å². The number of hydrogen-bond acceptors (Lipinski definition) is 7. The van der Waals surface area contributed by atoms with Crippen LogP contribution in [0.1, 0.15) is 19.3 Å². The fourth-order valence-corrected chi connectivity index (χ4v) is 5.00. The van der Waals surface area contributed by atoms with Gasteiger partial charge < -0.3 is 14.4 Å². The molecule has 11 heteroatoms. The molecule has 0 saturated carbocycles. The van der Waals surface area contributed by atoms with Gasteiger partial charge in [0.1, 0.15) is 0 Å². The van der Waals surface area contributed by atoms with Crippen LogP contribution in [-0.4, -0.2) is 108 Å². The molecule has 25 heavy (non-hydrogen) atoms. The minimum absolute atomic E-state index is 0.0567. The van der Waals surface area contributed by atoms with Crippen LogP contribution in [0, 0.1) is 0 Å². The molecular formula is C14H30N5O4S2-. The number of nitrogens with one attached hydrogen (secondary N) is 1. The first-order valence-electron chi connectivity index (χ1n) is 8.88. The molecule has 9 nitrogen and oxygen atoms in total. The Hall–Kier alpha value is -0.140. The number of likely N-dealkylation sites (tertiary alicyclic amines) is 1. The molecule has 0 aromatic rings. The molecule has 1 unspecified atom stereocenters. The molecule has 2 fully saturated rings. The highest BCUT2D eigenvalue weighted by Gasteiger charge is 2.24. The van der Waals surface area contributed by atoms with E-state index >= 15 is 0 Å².